The number of aliphatic hydroxyl groups is 4. The van der Waals surface area contributed by atoms with E-state index in [0.717, 1.165) is 5.56 Å². The first-order chi connectivity index (χ1) is 11.5. The van der Waals surface area contributed by atoms with Crippen molar-refractivity contribution < 1.29 is 39.4 Å². The minimum atomic E-state index is -1.50. The number of hydrogen-bond acceptors (Lipinski definition) is 8. The molecule has 1 aliphatic heterocycles. The molecule has 0 radical (unpaired) electrons. The summed E-state index contributed by atoms with van der Waals surface area (Å²) in [5, 5.41) is 38.5. The third kappa shape index (κ3) is 4.31. The molecule has 24 heavy (non-hydrogen) atoms. The zero-order valence-corrected chi connectivity index (χ0v) is 13.0. The van der Waals surface area contributed by atoms with E-state index in [0.29, 0.717) is 5.75 Å². The molecule has 4 N–H and O–H groups in total. The van der Waals surface area contributed by atoms with Crippen molar-refractivity contribution in [3.8, 4) is 5.75 Å². The monoisotopic (exact) mass is 340 g/mol. The predicted octanol–water partition coefficient (Wildman–Crippen LogP) is -0.949. The summed E-state index contributed by atoms with van der Waals surface area (Å²) in [6, 6.07) is 6.49. The Morgan fingerprint density at radius 1 is 1.17 bits per heavy atom. The Balaban J connectivity index is 2.02. The zero-order chi connectivity index (χ0) is 17.7. The van der Waals surface area contributed by atoms with Crippen LogP contribution in [0.15, 0.2) is 30.3 Å². The van der Waals surface area contributed by atoms with Gasteiger partial charge in [0, 0.05) is 6.08 Å². The zero-order valence-electron chi connectivity index (χ0n) is 13.0. The number of esters is 1. The Morgan fingerprint density at radius 2 is 1.83 bits per heavy atom. The van der Waals surface area contributed by atoms with Gasteiger partial charge in [0.2, 0.25) is 6.29 Å². The second-order valence-corrected chi connectivity index (χ2v) is 5.24. The van der Waals surface area contributed by atoms with Gasteiger partial charge in [0.05, 0.1) is 13.7 Å². The maximum absolute atomic E-state index is 11.0. The van der Waals surface area contributed by atoms with Crippen molar-refractivity contribution in [2.24, 2.45) is 0 Å². The molecule has 0 aliphatic carbocycles. The standard InChI is InChI=1S/C16H20O8/c1-22-12(18)7-4-9-2-5-10(6-3-9)23-16-15(21)14(20)13(19)11(8-17)24-16/h2-7,11,13-17,19-21H,8H2,1H3/t11-,13-,14+,15-,16+/m1/s1. The molecule has 1 aromatic rings. The molecule has 0 saturated carbocycles. The van der Waals surface area contributed by atoms with Crippen molar-refractivity contribution in [1.82, 2.24) is 0 Å². The molecular formula is C16H20O8. The summed E-state index contributed by atoms with van der Waals surface area (Å²) in [7, 11) is 1.28. The summed E-state index contributed by atoms with van der Waals surface area (Å²) < 4.78 is 15.2. The van der Waals surface area contributed by atoms with Gasteiger partial charge >= 0.3 is 5.97 Å². The normalized spacial score (nSPS) is 30.3. The Bertz CT molecular complexity index is 568. The number of methoxy groups -OCH3 is 1. The first-order valence-electron chi connectivity index (χ1n) is 7.29. The van der Waals surface area contributed by atoms with Gasteiger partial charge in [-0.1, -0.05) is 12.1 Å². The molecule has 8 nitrogen and oxygen atoms in total. The van der Waals surface area contributed by atoms with Gasteiger partial charge in [-0.3, -0.25) is 0 Å². The highest BCUT2D eigenvalue weighted by Gasteiger charge is 2.44. The molecule has 0 spiro atoms. The fourth-order valence-electron chi connectivity index (χ4n) is 2.19. The molecule has 5 atom stereocenters. The summed E-state index contributed by atoms with van der Waals surface area (Å²) in [6.07, 6.45) is -3.84. The second kappa shape index (κ2) is 8.22. The molecular weight excluding hydrogens is 320 g/mol. The molecule has 1 aromatic carbocycles. The van der Waals surface area contributed by atoms with Crippen molar-refractivity contribution in [3.05, 3.63) is 35.9 Å². The average Bonchev–Trinajstić information content (AvgIpc) is 2.61. The highest BCUT2D eigenvalue weighted by molar-refractivity contribution is 5.86. The van der Waals surface area contributed by atoms with E-state index in [1.165, 1.54) is 13.2 Å². The number of benzene rings is 1. The van der Waals surface area contributed by atoms with Crippen LogP contribution in [0.4, 0.5) is 0 Å². The van der Waals surface area contributed by atoms with Gasteiger partial charge in [0.1, 0.15) is 30.2 Å². The molecule has 1 saturated heterocycles. The van der Waals surface area contributed by atoms with Crippen molar-refractivity contribution in [1.29, 1.82) is 0 Å². The van der Waals surface area contributed by atoms with Crippen molar-refractivity contribution in [2.45, 2.75) is 30.7 Å². The fraction of sp³-hybridized carbons (Fsp3) is 0.438. The van der Waals surface area contributed by atoms with Gasteiger partial charge in [-0.05, 0) is 23.8 Å². The van der Waals surface area contributed by atoms with Crippen LogP contribution in [-0.4, -0.2) is 70.8 Å². The van der Waals surface area contributed by atoms with E-state index < -0.39 is 43.3 Å². The number of hydrogen-bond donors (Lipinski definition) is 4. The first kappa shape index (κ1) is 18.4. The highest BCUT2D eigenvalue weighted by Crippen LogP contribution is 2.24. The number of rotatable bonds is 5. The molecule has 0 bridgehead atoms. The Labute approximate surface area is 138 Å². The predicted molar refractivity (Wildman–Crippen MR) is 81.9 cm³/mol. The van der Waals surface area contributed by atoms with E-state index in [1.807, 2.05) is 0 Å². The Kier molecular flexibility index (Phi) is 6.29. The van der Waals surface area contributed by atoms with Crippen molar-refractivity contribution >= 4 is 12.0 Å². The lowest BCUT2D eigenvalue weighted by Crippen LogP contribution is -2.60. The van der Waals surface area contributed by atoms with E-state index in [4.69, 9.17) is 14.6 Å². The van der Waals surface area contributed by atoms with Crippen LogP contribution in [-0.2, 0) is 14.3 Å². The molecule has 0 aromatic heterocycles. The molecule has 0 amide bonds. The van der Waals surface area contributed by atoms with Crippen LogP contribution in [0.2, 0.25) is 0 Å². The third-order valence-electron chi connectivity index (χ3n) is 3.59. The van der Waals surface area contributed by atoms with Crippen LogP contribution in [0.25, 0.3) is 6.08 Å². The van der Waals surface area contributed by atoms with Gasteiger partial charge in [0.15, 0.2) is 0 Å². The average molecular weight is 340 g/mol. The van der Waals surface area contributed by atoms with Crippen LogP contribution >= 0.6 is 0 Å². The molecule has 132 valence electrons. The number of carbonyl (C=O) groups is 1. The van der Waals surface area contributed by atoms with E-state index in [-0.39, 0.29) is 0 Å². The van der Waals surface area contributed by atoms with Gasteiger partial charge in [-0.2, -0.15) is 0 Å². The maximum Gasteiger partial charge on any atom is 0.330 e. The minimum Gasteiger partial charge on any atom is -0.466 e. The van der Waals surface area contributed by atoms with Gasteiger partial charge in [0.25, 0.3) is 0 Å². The summed E-state index contributed by atoms with van der Waals surface area (Å²) in [5.74, 6) is -0.133. The first-order valence-corrected chi connectivity index (χ1v) is 7.29. The smallest absolute Gasteiger partial charge is 0.330 e. The van der Waals surface area contributed by atoms with Crippen molar-refractivity contribution in [3.63, 3.8) is 0 Å². The highest BCUT2D eigenvalue weighted by atomic mass is 16.7. The van der Waals surface area contributed by atoms with E-state index in [2.05, 4.69) is 4.74 Å². The van der Waals surface area contributed by atoms with Gasteiger partial charge in [-0.15, -0.1) is 0 Å². The number of ether oxygens (including phenoxy) is 3. The summed E-state index contributed by atoms with van der Waals surface area (Å²) in [6.45, 7) is -0.526. The lowest BCUT2D eigenvalue weighted by atomic mass is 9.99. The molecule has 2 rings (SSSR count). The Hall–Kier alpha value is -1.97. The van der Waals surface area contributed by atoms with Crippen LogP contribution in [0.1, 0.15) is 5.56 Å². The van der Waals surface area contributed by atoms with Gasteiger partial charge < -0.3 is 34.6 Å². The fourth-order valence-corrected chi connectivity index (χ4v) is 2.19. The molecule has 1 aliphatic rings. The SMILES string of the molecule is COC(=O)C=Cc1ccc(O[C@H]2O[C@H](CO)[C@@H](O)[C@H](O)[C@H]2O)cc1. The van der Waals surface area contributed by atoms with Gasteiger partial charge in [-0.25, -0.2) is 4.79 Å². The summed E-state index contributed by atoms with van der Waals surface area (Å²) in [5.41, 5.74) is 0.724. The van der Waals surface area contributed by atoms with Crippen LogP contribution < -0.4 is 4.74 Å². The quantitative estimate of drug-likeness (QED) is 0.399. The number of aliphatic hydroxyl groups excluding tert-OH is 4. The van der Waals surface area contributed by atoms with E-state index in [9.17, 15) is 20.1 Å². The largest absolute Gasteiger partial charge is 0.466 e. The van der Waals surface area contributed by atoms with E-state index >= 15 is 0 Å². The second-order valence-electron chi connectivity index (χ2n) is 5.24. The Morgan fingerprint density at radius 3 is 2.42 bits per heavy atom. The lowest BCUT2D eigenvalue weighted by molar-refractivity contribution is -0.277. The lowest BCUT2D eigenvalue weighted by Gasteiger charge is -2.39. The van der Waals surface area contributed by atoms with Crippen LogP contribution in [0.3, 0.4) is 0 Å². The molecule has 0 unspecified atom stereocenters. The molecule has 1 heterocycles. The van der Waals surface area contributed by atoms with E-state index in [1.54, 1.807) is 30.3 Å². The third-order valence-corrected chi connectivity index (χ3v) is 3.59. The summed E-state index contributed by atoms with van der Waals surface area (Å²) in [4.78, 5) is 11.0. The summed E-state index contributed by atoms with van der Waals surface area (Å²) >= 11 is 0. The molecule has 1 fully saturated rings. The molecule has 8 heteroatoms. The number of carbonyl (C=O) groups excluding carboxylic acids is 1. The maximum atomic E-state index is 11.0. The van der Waals surface area contributed by atoms with Crippen LogP contribution in [0, 0.1) is 0 Å². The topological polar surface area (TPSA) is 126 Å². The van der Waals surface area contributed by atoms with Crippen LogP contribution in [0.5, 0.6) is 5.75 Å². The van der Waals surface area contributed by atoms with Crippen molar-refractivity contribution in [2.75, 3.05) is 13.7 Å². The minimum absolute atomic E-state index is 0.342.